The number of ketones is 1. The molecule has 0 radical (unpaired) electrons. The van der Waals surface area contributed by atoms with Crippen molar-refractivity contribution in [1.29, 1.82) is 0 Å². The Kier molecular flexibility index (Phi) is 7.76. The highest BCUT2D eigenvalue weighted by Gasteiger charge is 2.32. The topological polar surface area (TPSA) is 57.6 Å². The van der Waals surface area contributed by atoms with E-state index in [9.17, 15) is 9.59 Å². The molecule has 1 amide bonds. The van der Waals surface area contributed by atoms with Crippen LogP contribution in [0.2, 0.25) is 0 Å². The largest absolute Gasteiger partial charge is 0.465 e. The van der Waals surface area contributed by atoms with Gasteiger partial charge in [-0.25, -0.2) is 4.79 Å². The lowest BCUT2D eigenvalue weighted by Gasteiger charge is -2.36. The van der Waals surface area contributed by atoms with Gasteiger partial charge < -0.3 is 10.0 Å². The first kappa shape index (κ1) is 19.7. The van der Waals surface area contributed by atoms with Crippen molar-refractivity contribution in [3.05, 3.63) is 37.0 Å². The minimum Gasteiger partial charge on any atom is -0.465 e. The third kappa shape index (κ3) is 6.34. The highest BCUT2D eigenvalue weighted by atomic mass is 79.9. The molecule has 3 atom stereocenters. The summed E-state index contributed by atoms with van der Waals surface area (Å²) in [4.78, 5) is 24.0. The molecular formula is C18H26BrNO3. The highest BCUT2D eigenvalue weighted by Crippen LogP contribution is 2.39. The molecule has 4 nitrogen and oxygen atoms in total. The Balaban J connectivity index is 2.85. The van der Waals surface area contributed by atoms with E-state index in [2.05, 4.69) is 41.6 Å². The van der Waals surface area contributed by atoms with Gasteiger partial charge >= 0.3 is 6.09 Å². The van der Waals surface area contributed by atoms with E-state index in [1.807, 2.05) is 12.2 Å². The van der Waals surface area contributed by atoms with E-state index in [0.29, 0.717) is 13.0 Å². The van der Waals surface area contributed by atoms with Crippen LogP contribution in [0.15, 0.2) is 37.0 Å². The standard InChI is InChI=1S/C18H26BrNO3/c1-4-15(19)6-5-11-18(2,12-13-20(3)17(22)23)14-7-9-16(21)10-8-14/h4-5,7,9,11,14-15H,1,6,8,10,12-13H2,2-3H3,(H,22,23). The summed E-state index contributed by atoms with van der Waals surface area (Å²) >= 11 is 3.52. The van der Waals surface area contributed by atoms with Crippen LogP contribution in [0, 0.1) is 11.3 Å². The van der Waals surface area contributed by atoms with Gasteiger partial charge in [-0.2, -0.15) is 0 Å². The quantitative estimate of drug-likeness (QED) is 0.498. The minimum atomic E-state index is -0.919. The highest BCUT2D eigenvalue weighted by molar-refractivity contribution is 9.09. The maximum Gasteiger partial charge on any atom is 0.407 e. The van der Waals surface area contributed by atoms with Gasteiger partial charge in [-0.1, -0.05) is 47.2 Å². The summed E-state index contributed by atoms with van der Waals surface area (Å²) in [5, 5.41) is 9.04. The van der Waals surface area contributed by atoms with Gasteiger partial charge in [0, 0.05) is 24.8 Å². The van der Waals surface area contributed by atoms with E-state index < -0.39 is 6.09 Å². The van der Waals surface area contributed by atoms with Crippen molar-refractivity contribution < 1.29 is 14.7 Å². The summed E-state index contributed by atoms with van der Waals surface area (Å²) in [5.41, 5.74) is -0.172. The van der Waals surface area contributed by atoms with E-state index in [1.54, 1.807) is 13.1 Å². The molecule has 0 aromatic heterocycles. The van der Waals surface area contributed by atoms with Crippen LogP contribution in [-0.4, -0.2) is 40.3 Å². The average molecular weight is 384 g/mol. The molecule has 0 aromatic rings. The Morgan fingerprint density at radius 1 is 1.65 bits per heavy atom. The Morgan fingerprint density at radius 2 is 2.35 bits per heavy atom. The van der Waals surface area contributed by atoms with Crippen LogP contribution in [0.3, 0.4) is 0 Å². The third-order valence-electron chi connectivity index (χ3n) is 4.49. The normalized spacial score (nSPS) is 21.9. The molecule has 1 aliphatic rings. The lowest BCUT2D eigenvalue weighted by molar-refractivity contribution is -0.115. The van der Waals surface area contributed by atoms with Crippen LogP contribution >= 0.6 is 15.9 Å². The number of hydrogen-bond acceptors (Lipinski definition) is 2. The van der Waals surface area contributed by atoms with Crippen molar-refractivity contribution in [3.63, 3.8) is 0 Å². The zero-order valence-electron chi connectivity index (χ0n) is 13.9. The monoisotopic (exact) mass is 383 g/mol. The van der Waals surface area contributed by atoms with Gasteiger partial charge in [0.1, 0.15) is 0 Å². The number of carbonyl (C=O) groups is 2. The summed E-state index contributed by atoms with van der Waals surface area (Å²) in [6.07, 6.45) is 11.8. The van der Waals surface area contributed by atoms with E-state index in [0.717, 1.165) is 19.3 Å². The van der Waals surface area contributed by atoms with E-state index in [1.165, 1.54) is 4.90 Å². The number of alkyl halides is 1. The molecule has 0 aliphatic heterocycles. The number of carboxylic acid groups (broad SMARTS) is 1. The van der Waals surface area contributed by atoms with Crippen LogP contribution < -0.4 is 0 Å². The van der Waals surface area contributed by atoms with Gasteiger partial charge in [0.05, 0.1) is 0 Å². The summed E-state index contributed by atoms with van der Waals surface area (Å²) < 4.78 is 0. The third-order valence-corrected chi connectivity index (χ3v) is 5.24. The van der Waals surface area contributed by atoms with Gasteiger partial charge in [-0.3, -0.25) is 4.79 Å². The second-order valence-electron chi connectivity index (χ2n) is 6.32. The Bertz CT molecular complexity index is 500. The van der Waals surface area contributed by atoms with E-state index in [-0.39, 0.29) is 21.9 Å². The molecule has 0 fully saturated rings. The number of hydrogen-bond donors (Lipinski definition) is 1. The molecule has 1 N–H and O–H groups in total. The van der Waals surface area contributed by atoms with Crippen molar-refractivity contribution in [2.24, 2.45) is 11.3 Å². The molecule has 0 spiro atoms. The average Bonchev–Trinajstić information content (AvgIpc) is 2.52. The number of carbonyl (C=O) groups excluding carboxylic acids is 1. The zero-order chi connectivity index (χ0) is 17.5. The molecule has 0 aromatic carbocycles. The van der Waals surface area contributed by atoms with E-state index in [4.69, 9.17) is 5.11 Å². The molecule has 23 heavy (non-hydrogen) atoms. The lowest BCUT2D eigenvalue weighted by atomic mass is 9.70. The van der Waals surface area contributed by atoms with Crippen molar-refractivity contribution in [2.75, 3.05) is 13.6 Å². The molecule has 3 unspecified atom stereocenters. The molecular weight excluding hydrogens is 358 g/mol. The number of allylic oxidation sites excluding steroid dienone is 5. The lowest BCUT2D eigenvalue weighted by Crippen LogP contribution is -2.33. The molecule has 0 heterocycles. The van der Waals surface area contributed by atoms with Crippen molar-refractivity contribution >= 4 is 27.8 Å². The Hall–Kier alpha value is -1.36. The van der Waals surface area contributed by atoms with E-state index >= 15 is 0 Å². The first-order valence-electron chi connectivity index (χ1n) is 7.88. The maximum absolute atomic E-state index is 11.4. The summed E-state index contributed by atoms with van der Waals surface area (Å²) in [7, 11) is 1.58. The zero-order valence-corrected chi connectivity index (χ0v) is 15.5. The second-order valence-corrected chi connectivity index (χ2v) is 7.50. The molecule has 5 heteroatoms. The molecule has 1 rings (SSSR count). The van der Waals surface area contributed by atoms with Crippen molar-refractivity contribution in [3.8, 4) is 0 Å². The number of rotatable bonds is 8. The summed E-state index contributed by atoms with van der Waals surface area (Å²) in [5.74, 6) is 0.415. The van der Waals surface area contributed by atoms with Crippen LogP contribution in [-0.2, 0) is 4.79 Å². The maximum atomic E-state index is 11.4. The van der Waals surface area contributed by atoms with Crippen LogP contribution in [0.1, 0.15) is 32.6 Å². The summed E-state index contributed by atoms with van der Waals surface area (Å²) in [6.45, 7) is 6.36. The Morgan fingerprint density at radius 3 is 2.87 bits per heavy atom. The van der Waals surface area contributed by atoms with Crippen LogP contribution in [0.5, 0.6) is 0 Å². The predicted molar refractivity (Wildman–Crippen MR) is 96.9 cm³/mol. The molecule has 0 saturated heterocycles. The van der Waals surface area contributed by atoms with Gasteiger partial charge in [-0.05, 0) is 36.7 Å². The van der Waals surface area contributed by atoms with Gasteiger partial charge in [0.15, 0.2) is 5.78 Å². The Labute approximate surface area is 147 Å². The van der Waals surface area contributed by atoms with Crippen LogP contribution in [0.4, 0.5) is 4.79 Å². The smallest absolute Gasteiger partial charge is 0.407 e. The SMILES string of the molecule is C=CC(Br)CC=CC(C)(CCN(C)C(=O)O)C1C=CC(=O)CC1. The van der Waals surface area contributed by atoms with Gasteiger partial charge in [0.2, 0.25) is 0 Å². The fraction of sp³-hybridized carbons (Fsp3) is 0.556. The minimum absolute atomic E-state index is 0.169. The first-order valence-corrected chi connectivity index (χ1v) is 8.79. The fourth-order valence-corrected chi connectivity index (χ4v) is 2.93. The molecule has 0 saturated carbocycles. The molecule has 0 bridgehead atoms. The molecule has 1 aliphatic carbocycles. The van der Waals surface area contributed by atoms with Crippen molar-refractivity contribution in [1.82, 2.24) is 4.90 Å². The number of nitrogens with zero attached hydrogens (tertiary/aromatic N) is 1. The van der Waals surface area contributed by atoms with Gasteiger partial charge in [0.25, 0.3) is 0 Å². The van der Waals surface area contributed by atoms with Gasteiger partial charge in [-0.15, -0.1) is 6.58 Å². The number of halogens is 1. The fourth-order valence-electron chi connectivity index (χ4n) is 2.71. The van der Waals surface area contributed by atoms with Crippen LogP contribution in [0.25, 0.3) is 0 Å². The first-order chi connectivity index (χ1) is 10.8. The predicted octanol–water partition coefficient (Wildman–Crippen LogP) is 4.42. The number of amides is 1. The van der Waals surface area contributed by atoms with Crippen molar-refractivity contribution in [2.45, 2.75) is 37.4 Å². The molecule has 128 valence electrons. The second kappa shape index (κ2) is 9.06. The summed E-state index contributed by atoms with van der Waals surface area (Å²) in [6, 6.07) is 0.